The molecule has 4 heteroatoms. The maximum atomic E-state index is 12.1. The number of carbonyl (C=O) groups is 1. The van der Waals surface area contributed by atoms with Gasteiger partial charge in [-0.1, -0.05) is 37.6 Å². The molecule has 1 unspecified atom stereocenters. The molecule has 0 aliphatic heterocycles. The summed E-state index contributed by atoms with van der Waals surface area (Å²) in [6.45, 7) is 6.31. The predicted octanol–water partition coefficient (Wildman–Crippen LogP) is 2.75. The lowest BCUT2D eigenvalue weighted by molar-refractivity contribution is -0.126. The number of hydrogen-bond acceptors (Lipinski definition) is 2. The maximum Gasteiger partial charge on any atom is 0.225 e. The molecule has 0 aliphatic carbocycles. The maximum absolute atomic E-state index is 12.1. The summed E-state index contributed by atoms with van der Waals surface area (Å²) < 4.78 is 0. The van der Waals surface area contributed by atoms with Crippen LogP contribution in [0.2, 0.25) is 5.02 Å². The quantitative estimate of drug-likeness (QED) is 0.863. The smallest absolute Gasteiger partial charge is 0.225 e. The van der Waals surface area contributed by atoms with Crippen molar-refractivity contribution < 1.29 is 4.79 Å². The summed E-state index contributed by atoms with van der Waals surface area (Å²) in [6, 6.07) is 7.44. The second-order valence-electron chi connectivity index (χ2n) is 4.87. The Morgan fingerprint density at radius 2 is 2.06 bits per heavy atom. The monoisotopic (exact) mass is 268 g/mol. The van der Waals surface area contributed by atoms with Gasteiger partial charge in [-0.3, -0.25) is 4.79 Å². The van der Waals surface area contributed by atoms with Crippen LogP contribution in [-0.2, 0) is 4.79 Å². The minimum absolute atomic E-state index is 0.0000227. The van der Waals surface area contributed by atoms with Gasteiger partial charge in [0.15, 0.2) is 0 Å². The molecule has 0 saturated carbocycles. The first-order valence-corrected chi connectivity index (χ1v) is 6.59. The van der Waals surface area contributed by atoms with E-state index in [0.717, 1.165) is 5.56 Å². The van der Waals surface area contributed by atoms with E-state index in [2.05, 4.69) is 5.32 Å². The van der Waals surface area contributed by atoms with E-state index in [-0.39, 0.29) is 23.8 Å². The number of amides is 1. The first-order chi connectivity index (χ1) is 8.45. The second-order valence-corrected chi connectivity index (χ2v) is 5.31. The highest BCUT2D eigenvalue weighted by Gasteiger charge is 2.22. The van der Waals surface area contributed by atoms with E-state index in [4.69, 9.17) is 17.3 Å². The van der Waals surface area contributed by atoms with Gasteiger partial charge in [-0.25, -0.2) is 0 Å². The van der Waals surface area contributed by atoms with E-state index in [0.29, 0.717) is 11.6 Å². The summed E-state index contributed by atoms with van der Waals surface area (Å²) in [4.78, 5) is 12.1. The zero-order valence-corrected chi connectivity index (χ0v) is 11.9. The van der Waals surface area contributed by atoms with Crippen molar-refractivity contribution in [3.8, 4) is 0 Å². The van der Waals surface area contributed by atoms with Crippen LogP contribution in [-0.4, -0.2) is 12.5 Å². The predicted molar refractivity (Wildman–Crippen MR) is 75.4 cm³/mol. The van der Waals surface area contributed by atoms with Gasteiger partial charge in [0.05, 0.1) is 12.0 Å². The Labute approximate surface area is 114 Å². The standard InChI is InChI=1S/C14H21ClN2O/c1-9(2)13(8-16)14(18)17-10(3)11-5-4-6-12(15)7-11/h4-7,9-10,13H,8,16H2,1-3H3,(H,17,18)/t10-,13?/m1/s1. The molecule has 18 heavy (non-hydrogen) atoms. The molecule has 3 nitrogen and oxygen atoms in total. The van der Waals surface area contributed by atoms with Crippen molar-refractivity contribution in [3.05, 3.63) is 34.9 Å². The largest absolute Gasteiger partial charge is 0.349 e. The first-order valence-electron chi connectivity index (χ1n) is 6.21. The fourth-order valence-electron chi connectivity index (χ4n) is 1.86. The van der Waals surface area contributed by atoms with Crippen LogP contribution in [0, 0.1) is 11.8 Å². The molecular formula is C14H21ClN2O. The van der Waals surface area contributed by atoms with Crippen LogP contribution in [0.1, 0.15) is 32.4 Å². The summed E-state index contributed by atoms with van der Waals surface area (Å²) >= 11 is 5.93. The molecule has 3 N–H and O–H groups in total. The average molecular weight is 269 g/mol. The molecule has 0 spiro atoms. The molecule has 100 valence electrons. The summed E-state index contributed by atoms with van der Waals surface area (Å²) in [6.07, 6.45) is 0. The van der Waals surface area contributed by atoms with Crippen molar-refractivity contribution >= 4 is 17.5 Å². The van der Waals surface area contributed by atoms with Crippen molar-refractivity contribution in [3.63, 3.8) is 0 Å². The molecule has 0 fully saturated rings. The normalized spacial score (nSPS) is 14.3. The number of carbonyl (C=O) groups excluding carboxylic acids is 1. The number of rotatable bonds is 5. The second kappa shape index (κ2) is 6.76. The highest BCUT2D eigenvalue weighted by Crippen LogP contribution is 2.18. The molecule has 2 atom stereocenters. The number of nitrogens with two attached hydrogens (primary N) is 1. The SMILES string of the molecule is CC(C)C(CN)C(=O)N[C@H](C)c1cccc(Cl)c1. The summed E-state index contributed by atoms with van der Waals surface area (Å²) in [5.41, 5.74) is 6.63. The van der Waals surface area contributed by atoms with Crippen molar-refractivity contribution in [2.24, 2.45) is 17.6 Å². The fraction of sp³-hybridized carbons (Fsp3) is 0.500. The van der Waals surface area contributed by atoms with Crippen LogP contribution < -0.4 is 11.1 Å². The Morgan fingerprint density at radius 3 is 2.56 bits per heavy atom. The molecule has 1 aromatic rings. The zero-order valence-electron chi connectivity index (χ0n) is 11.1. The summed E-state index contributed by atoms with van der Waals surface area (Å²) in [5, 5.41) is 3.65. The Bertz CT molecular complexity index is 407. The number of halogens is 1. The Hall–Kier alpha value is -1.06. The highest BCUT2D eigenvalue weighted by atomic mass is 35.5. The van der Waals surface area contributed by atoms with Crippen molar-refractivity contribution in [2.45, 2.75) is 26.8 Å². The molecule has 0 aromatic heterocycles. The Balaban J connectivity index is 2.70. The van der Waals surface area contributed by atoms with Crippen LogP contribution in [0.5, 0.6) is 0 Å². The van der Waals surface area contributed by atoms with Crippen LogP contribution in [0.3, 0.4) is 0 Å². The number of nitrogens with one attached hydrogen (secondary N) is 1. The van der Waals surface area contributed by atoms with E-state index in [1.54, 1.807) is 0 Å². The average Bonchev–Trinajstić information content (AvgIpc) is 2.29. The van der Waals surface area contributed by atoms with Gasteiger partial charge in [-0.2, -0.15) is 0 Å². The van der Waals surface area contributed by atoms with Crippen LogP contribution in [0.15, 0.2) is 24.3 Å². The van der Waals surface area contributed by atoms with Crippen LogP contribution >= 0.6 is 11.6 Å². The fourth-order valence-corrected chi connectivity index (χ4v) is 2.06. The summed E-state index contributed by atoms with van der Waals surface area (Å²) in [5.74, 6) is 0.0909. The van der Waals surface area contributed by atoms with Crippen LogP contribution in [0.4, 0.5) is 0 Å². The van der Waals surface area contributed by atoms with Gasteiger partial charge in [0, 0.05) is 11.6 Å². The first kappa shape index (κ1) is 15.0. The van der Waals surface area contributed by atoms with Gasteiger partial charge in [0.1, 0.15) is 0 Å². The molecule has 0 bridgehead atoms. The third kappa shape index (κ3) is 4.00. The molecule has 0 radical (unpaired) electrons. The minimum atomic E-state index is -0.147. The van der Waals surface area contributed by atoms with Crippen molar-refractivity contribution in [1.82, 2.24) is 5.32 Å². The van der Waals surface area contributed by atoms with E-state index < -0.39 is 0 Å². The van der Waals surface area contributed by atoms with Crippen molar-refractivity contribution in [1.29, 1.82) is 0 Å². The van der Waals surface area contributed by atoms with E-state index in [9.17, 15) is 4.79 Å². The van der Waals surface area contributed by atoms with E-state index >= 15 is 0 Å². The topological polar surface area (TPSA) is 55.1 Å². The summed E-state index contributed by atoms with van der Waals surface area (Å²) in [7, 11) is 0. The molecular weight excluding hydrogens is 248 g/mol. The van der Waals surface area contributed by atoms with E-state index in [1.807, 2.05) is 45.0 Å². The van der Waals surface area contributed by atoms with Gasteiger partial charge in [-0.15, -0.1) is 0 Å². The van der Waals surface area contributed by atoms with Gasteiger partial charge in [0.25, 0.3) is 0 Å². The third-order valence-electron chi connectivity index (χ3n) is 3.10. The van der Waals surface area contributed by atoms with Gasteiger partial charge >= 0.3 is 0 Å². The Kier molecular flexibility index (Phi) is 5.63. The molecule has 0 aliphatic rings. The minimum Gasteiger partial charge on any atom is -0.349 e. The lowest BCUT2D eigenvalue weighted by Gasteiger charge is -2.22. The molecule has 0 heterocycles. The lowest BCUT2D eigenvalue weighted by atomic mass is 9.94. The molecule has 1 amide bonds. The van der Waals surface area contributed by atoms with Gasteiger partial charge in [-0.05, 0) is 30.5 Å². The Morgan fingerprint density at radius 1 is 1.39 bits per heavy atom. The van der Waals surface area contributed by atoms with Gasteiger partial charge < -0.3 is 11.1 Å². The van der Waals surface area contributed by atoms with Crippen LogP contribution in [0.25, 0.3) is 0 Å². The third-order valence-corrected chi connectivity index (χ3v) is 3.34. The zero-order chi connectivity index (χ0) is 13.7. The van der Waals surface area contributed by atoms with E-state index in [1.165, 1.54) is 0 Å². The lowest BCUT2D eigenvalue weighted by Crippen LogP contribution is -2.39. The van der Waals surface area contributed by atoms with Crippen molar-refractivity contribution in [2.75, 3.05) is 6.54 Å². The molecule has 1 aromatic carbocycles. The highest BCUT2D eigenvalue weighted by molar-refractivity contribution is 6.30. The number of benzene rings is 1. The molecule has 1 rings (SSSR count). The van der Waals surface area contributed by atoms with Gasteiger partial charge in [0.2, 0.25) is 5.91 Å². The molecule has 0 saturated heterocycles. The number of hydrogen-bond donors (Lipinski definition) is 2.